The van der Waals surface area contributed by atoms with Crippen molar-refractivity contribution in [3.05, 3.63) is 53.6 Å². The molecule has 2 aromatic rings. The van der Waals surface area contributed by atoms with Crippen LogP contribution in [0.25, 0.3) is 5.57 Å². The number of hydrogen-bond donors (Lipinski definition) is 1. The van der Waals surface area contributed by atoms with Gasteiger partial charge in [-0.05, 0) is 56.7 Å². The van der Waals surface area contributed by atoms with Crippen LogP contribution in [0.3, 0.4) is 0 Å². The Morgan fingerprint density at radius 1 is 1.12 bits per heavy atom. The molecule has 5 heteroatoms. The second-order valence-corrected chi connectivity index (χ2v) is 6.84. The van der Waals surface area contributed by atoms with Gasteiger partial charge >= 0.3 is 5.97 Å². The zero-order valence-corrected chi connectivity index (χ0v) is 14.4. The molecule has 25 heavy (non-hydrogen) atoms. The predicted molar refractivity (Wildman–Crippen MR) is 95.3 cm³/mol. The highest BCUT2D eigenvalue weighted by Crippen LogP contribution is 2.36. The summed E-state index contributed by atoms with van der Waals surface area (Å²) >= 11 is 0. The van der Waals surface area contributed by atoms with Crippen LogP contribution in [0.4, 0.5) is 5.69 Å². The molecule has 0 saturated carbocycles. The van der Waals surface area contributed by atoms with E-state index in [1.54, 1.807) is 24.3 Å². The quantitative estimate of drug-likeness (QED) is 0.656. The molecular weight excluding hydrogens is 318 g/mol. The second kappa shape index (κ2) is 5.55. The summed E-state index contributed by atoms with van der Waals surface area (Å²) < 4.78 is 16.0. The fraction of sp³-hybridized carbons (Fsp3) is 0.250. The molecule has 0 unspecified atom stereocenters. The molecule has 0 amide bonds. The lowest BCUT2D eigenvalue weighted by molar-refractivity contribution is 0.0734. The molecule has 0 fully saturated rings. The number of benzene rings is 2. The van der Waals surface area contributed by atoms with Crippen LogP contribution in [0.5, 0.6) is 17.2 Å². The minimum Gasteiger partial charge on any atom is -0.454 e. The van der Waals surface area contributed by atoms with E-state index >= 15 is 0 Å². The number of allylic oxidation sites excluding steroid dienone is 1. The maximum Gasteiger partial charge on any atom is 0.343 e. The van der Waals surface area contributed by atoms with Gasteiger partial charge in [-0.2, -0.15) is 0 Å². The first-order valence-corrected chi connectivity index (χ1v) is 8.15. The van der Waals surface area contributed by atoms with E-state index in [0.29, 0.717) is 22.8 Å². The van der Waals surface area contributed by atoms with E-state index in [9.17, 15) is 4.79 Å². The number of fused-ring (bicyclic) bond motifs is 2. The first kappa shape index (κ1) is 15.6. The summed E-state index contributed by atoms with van der Waals surface area (Å²) in [6.07, 6.45) is 2.16. The molecule has 0 atom stereocenters. The van der Waals surface area contributed by atoms with Gasteiger partial charge in [-0.3, -0.25) is 0 Å². The summed E-state index contributed by atoms with van der Waals surface area (Å²) in [5.41, 5.74) is 3.57. The Morgan fingerprint density at radius 3 is 2.76 bits per heavy atom. The minimum atomic E-state index is -0.403. The Kier molecular flexibility index (Phi) is 3.46. The summed E-state index contributed by atoms with van der Waals surface area (Å²) in [7, 11) is 0. The van der Waals surface area contributed by atoms with Gasteiger partial charge in [0.2, 0.25) is 6.79 Å². The van der Waals surface area contributed by atoms with Crippen molar-refractivity contribution in [2.24, 2.45) is 0 Å². The number of carbonyl (C=O) groups excluding carboxylic acids is 1. The Morgan fingerprint density at radius 2 is 1.92 bits per heavy atom. The number of nitrogens with one attached hydrogen (secondary N) is 1. The summed E-state index contributed by atoms with van der Waals surface area (Å²) in [4.78, 5) is 12.5. The number of hydrogen-bond acceptors (Lipinski definition) is 5. The zero-order chi connectivity index (χ0) is 17.6. The lowest BCUT2D eigenvalue weighted by Crippen LogP contribution is -2.31. The van der Waals surface area contributed by atoms with Crippen molar-refractivity contribution in [1.82, 2.24) is 0 Å². The SMILES string of the molecule is CC1=CC(C)(C)Nc2ccc(C(=O)Oc3ccc4c(c3)OCO4)cc21. The average molecular weight is 337 g/mol. The van der Waals surface area contributed by atoms with Crippen LogP contribution in [0.15, 0.2) is 42.5 Å². The van der Waals surface area contributed by atoms with E-state index in [2.05, 4.69) is 25.2 Å². The Hall–Kier alpha value is -2.95. The molecular formula is C20H19NO4. The largest absolute Gasteiger partial charge is 0.454 e. The molecule has 1 N–H and O–H groups in total. The summed E-state index contributed by atoms with van der Waals surface area (Å²) in [5.74, 6) is 1.27. The van der Waals surface area contributed by atoms with Gasteiger partial charge in [0.1, 0.15) is 5.75 Å². The maximum absolute atomic E-state index is 12.5. The van der Waals surface area contributed by atoms with E-state index in [4.69, 9.17) is 14.2 Å². The lowest BCUT2D eigenvalue weighted by Gasteiger charge is -2.31. The minimum absolute atomic E-state index is 0.106. The van der Waals surface area contributed by atoms with E-state index < -0.39 is 5.97 Å². The molecule has 0 saturated heterocycles. The van der Waals surface area contributed by atoms with Crippen molar-refractivity contribution < 1.29 is 19.0 Å². The number of esters is 1. The van der Waals surface area contributed by atoms with Gasteiger partial charge in [0.05, 0.1) is 11.1 Å². The first-order chi connectivity index (χ1) is 11.9. The van der Waals surface area contributed by atoms with E-state index in [1.807, 2.05) is 19.1 Å². The number of carbonyl (C=O) groups is 1. The van der Waals surface area contributed by atoms with Crippen LogP contribution in [-0.4, -0.2) is 18.3 Å². The third-order valence-electron chi connectivity index (χ3n) is 4.27. The van der Waals surface area contributed by atoms with E-state index in [-0.39, 0.29) is 12.3 Å². The van der Waals surface area contributed by atoms with Gasteiger partial charge < -0.3 is 19.5 Å². The van der Waals surface area contributed by atoms with Crippen molar-refractivity contribution in [2.45, 2.75) is 26.3 Å². The van der Waals surface area contributed by atoms with Crippen LogP contribution in [-0.2, 0) is 0 Å². The molecule has 0 aromatic heterocycles. The molecule has 2 aliphatic rings. The lowest BCUT2D eigenvalue weighted by atomic mass is 9.90. The summed E-state index contributed by atoms with van der Waals surface area (Å²) in [5, 5.41) is 3.45. The molecule has 0 radical (unpaired) electrons. The maximum atomic E-state index is 12.5. The third kappa shape index (κ3) is 2.93. The second-order valence-electron chi connectivity index (χ2n) is 6.84. The standard InChI is InChI=1S/C20H19NO4/c1-12-10-20(2,3)21-16-6-4-13(8-15(12)16)19(22)25-14-5-7-17-18(9-14)24-11-23-17/h4-10,21H,11H2,1-3H3. The van der Waals surface area contributed by atoms with Gasteiger partial charge in [0, 0.05) is 17.3 Å². The molecule has 0 spiro atoms. The monoisotopic (exact) mass is 337 g/mol. The highest BCUT2D eigenvalue weighted by Gasteiger charge is 2.23. The fourth-order valence-electron chi connectivity index (χ4n) is 3.21. The van der Waals surface area contributed by atoms with Gasteiger partial charge in [-0.15, -0.1) is 0 Å². The van der Waals surface area contributed by atoms with E-state index in [0.717, 1.165) is 16.8 Å². The Balaban J connectivity index is 1.58. The van der Waals surface area contributed by atoms with Crippen LogP contribution in [0.1, 0.15) is 36.7 Å². The van der Waals surface area contributed by atoms with Gasteiger partial charge in [0.25, 0.3) is 0 Å². The number of rotatable bonds is 2. The van der Waals surface area contributed by atoms with Crippen molar-refractivity contribution in [3.8, 4) is 17.2 Å². The third-order valence-corrected chi connectivity index (χ3v) is 4.27. The van der Waals surface area contributed by atoms with Crippen LogP contribution < -0.4 is 19.5 Å². The van der Waals surface area contributed by atoms with Crippen molar-refractivity contribution in [3.63, 3.8) is 0 Å². The van der Waals surface area contributed by atoms with Gasteiger partial charge in [-0.1, -0.05) is 6.08 Å². The van der Waals surface area contributed by atoms with Crippen molar-refractivity contribution in [1.29, 1.82) is 0 Å². The fourth-order valence-corrected chi connectivity index (χ4v) is 3.21. The predicted octanol–water partition coefficient (Wildman–Crippen LogP) is 4.24. The molecule has 2 heterocycles. The zero-order valence-electron chi connectivity index (χ0n) is 14.4. The molecule has 128 valence electrons. The van der Waals surface area contributed by atoms with Crippen LogP contribution in [0.2, 0.25) is 0 Å². The smallest absolute Gasteiger partial charge is 0.343 e. The Labute approximate surface area is 146 Å². The molecule has 2 aliphatic heterocycles. The van der Waals surface area contributed by atoms with E-state index in [1.165, 1.54) is 0 Å². The van der Waals surface area contributed by atoms with Crippen LogP contribution >= 0.6 is 0 Å². The molecule has 4 rings (SSSR count). The number of ether oxygens (including phenoxy) is 3. The molecule has 2 aromatic carbocycles. The van der Waals surface area contributed by atoms with Crippen LogP contribution in [0, 0.1) is 0 Å². The molecule has 5 nitrogen and oxygen atoms in total. The topological polar surface area (TPSA) is 56.8 Å². The van der Waals surface area contributed by atoms with Crippen molar-refractivity contribution in [2.75, 3.05) is 12.1 Å². The number of anilines is 1. The normalized spacial score (nSPS) is 16.5. The van der Waals surface area contributed by atoms with Gasteiger partial charge in [-0.25, -0.2) is 4.79 Å². The Bertz CT molecular complexity index is 899. The molecule has 0 aliphatic carbocycles. The molecule has 0 bridgehead atoms. The average Bonchev–Trinajstić information content (AvgIpc) is 3.01. The first-order valence-electron chi connectivity index (χ1n) is 8.15. The summed E-state index contributed by atoms with van der Waals surface area (Å²) in [6.45, 7) is 6.46. The summed E-state index contributed by atoms with van der Waals surface area (Å²) in [6, 6.07) is 10.6. The van der Waals surface area contributed by atoms with Gasteiger partial charge in [0.15, 0.2) is 11.5 Å². The van der Waals surface area contributed by atoms with Crippen molar-refractivity contribution >= 4 is 17.2 Å². The highest BCUT2D eigenvalue weighted by atomic mass is 16.7. The highest BCUT2D eigenvalue weighted by molar-refractivity contribution is 5.94.